The van der Waals surface area contributed by atoms with Crippen LogP contribution in [-0.4, -0.2) is 54.6 Å². The molecule has 1 aromatic heterocycles. The van der Waals surface area contributed by atoms with Crippen molar-refractivity contribution in [3.63, 3.8) is 0 Å². The van der Waals surface area contributed by atoms with Gasteiger partial charge >= 0.3 is 19.2 Å². The Hall–Kier alpha value is -2.39. The van der Waals surface area contributed by atoms with Gasteiger partial charge in [-0.1, -0.05) is 6.08 Å². The molecule has 1 saturated heterocycles. The average Bonchev–Trinajstić information content (AvgIpc) is 2.84. The summed E-state index contributed by atoms with van der Waals surface area (Å²) in [5.41, 5.74) is -0.0859. The van der Waals surface area contributed by atoms with E-state index in [1.54, 1.807) is 39.1 Å². The van der Waals surface area contributed by atoms with Crippen LogP contribution < -0.4 is 5.32 Å². The number of pyridine rings is 1. The molecule has 0 aromatic carbocycles. The Balaban J connectivity index is 2.31. The molecular weight excluding hydrogens is 387 g/mol. The van der Waals surface area contributed by atoms with Gasteiger partial charge in [-0.2, -0.15) is 0 Å². The highest BCUT2D eigenvalue weighted by molar-refractivity contribution is 6.56. The van der Waals surface area contributed by atoms with Crippen LogP contribution in [0, 0.1) is 0 Å². The predicted octanol–water partition coefficient (Wildman–Crippen LogP) is 3.41. The summed E-state index contributed by atoms with van der Waals surface area (Å²) in [4.78, 5) is 28.1. The van der Waals surface area contributed by atoms with Gasteiger partial charge in [0.15, 0.2) is 0 Å². The zero-order valence-electron chi connectivity index (χ0n) is 19.0. The van der Waals surface area contributed by atoms with Crippen molar-refractivity contribution in [3.8, 4) is 0 Å². The molecule has 0 spiro atoms. The Bertz CT molecular complexity index is 813. The highest BCUT2D eigenvalue weighted by Gasteiger charge is 2.52. The first-order valence-corrected chi connectivity index (χ1v) is 9.80. The maximum Gasteiger partial charge on any atom is 0.492 e. The van der Waals surface area contributed by atoms with E-state index in [4.69, 9.17) is 18.8 Å². The number of methoxy groups -OCH3 is 1. The molecule has 0 saturated carbocycles. The van der Waals surface area contributed by atoms with E-state index in [0.29, 0.717) is 16.6 Å². The van der Waals surface area contributed by atoms with Crippen LogP contribution in [0.1, 0.15) is 64.4 Å². The van der Waals surface area contributed by atoms with Crippen molar-refractivity contribution in [2.24, 2.45) is 0 Å². The van der Waals surface area contributed by atoms with Crippen LogP contribution in [0.25, 0.3) is 6.08 Å². The van der Waals surface area contributed by atoms with E-state index in [-0.39, 0.29) is 6.54 Å². The first-order chi connectivity index (χ1) is 13.7. The molecule has 9 heteroatoms. The number of alkyl carbamates (subject to hydrolysis) is 1. The average molecular weight is 418 g/mol. The molecule has 8 nitrogen and oxygen atoms in total. The Kier molecular flexibility index (Phi) is 6.99. The van der Waals surface area contributed by atoms with E-state index >= 15 is 0 Å². The van der Waals surface area contributed by atoms with Crippen LogP contribution in [0.2, 0.25) is 0 Å². The highest BCUT2D eigenvalue weighted by atomic mass is 16.7. The number of nitrogens with one attached hydrogen (secondary N) is 1. The molecule has 1 aromatic rings. The molecule has 1 N–H and O–H groups in total. The number of ether oxygens (including phenoxy) is 2. The first kappa shape index (κ1) is 23.9. The number of hydrogen-bond donors (Lipinski definition) is 1. The van der Waals surface area contributed by atoms with Crippen molar-refractivity contribution < 1.29 is 28.4 Å². The minimum Gasteiger partial charge on any atom is -0.465 e. The van der Waals surface area contributed by atoms with Gasteiger partial charge in [0, 0.05) is 18.9 Å². The third kappa shape index (κ3) is 6.06. The number of nitrogens with zero attached hydrogens (tertiary/aromatic N) is 1. The number of carbonyl (C=O) groups is 2. The molecule has 1 aliphatic heterocycles. The van der Waals surface area contributed by atoms with Crippen LogP contribution >= 0.6 is 0 Å². The van der Waals surface area contributed by atoms with Gasteiger partial charge in [0.05, 0.1) is 23.9 Å². The summed E-state index contributed by atoms with van der Waals surface area (Å²) in [7, 11) is 0.623. The SMILES string of the molecule is COC(=O)c1cncc(C=C(CNC(=O)OC(C)(C)C)B2OC(C)(C)C(C)(C)O2)c1. The zero-order chi connectivity index (χ0) is 22.7. The lowest BCUT2D eigenvalue weighted by Crippen LogP contribution is -2.41. The fourth-order valence-electron chi connectivity index (χ4n) is 2.67. The van der Waals surface area contributed by atoms with Crippen LogP contribution in [0.4, 0.5) is 4.79 Å². The van der Waals surface area contributed by atoms with Gasteiger partial charge in [-0.05, 0) is 65.6 Å². The van der Waals surface area contributed by atoms with E-state index in [0.717, 1.165) is 0 Å². The fraction of sp³-hybridized carbons (Fsp3) is 0.571. The molecule has 30 heavy (non-hydrogen) atoms. The van der Waals surface area contributed by atoms with E-state index < -0.39 is 36.0 Å². The Labute approximate surface area is 178 Å². The van der Waals surface area contributed by atoms with E-state index in [2.05, 4.69) is 10.3 Å². The summed E-state index contributed by atoms with van der Waals surface area (Å²) in [5.74, 6) is -0.484. The van der Waals surface area contributed by atoms with Crippen molar-refractivity contribution in [2.75, 3.05) is 13.7 Å². The molecule has 1 aliphatic rings. The molecule has 1 amide bonds. The van der Waals surface area contributed by atoms with Crippen LogP contribution in [-0.2, 0) is 18.8 Å². The molecule has 1 fully saturated rings. The third-order valence-corrected chi connectivity index (χ3v) is 4.92. The third-order valence-electron chi connectivity index (χ3n) is 4.92. The van der Waals surface area contributed by atoms with Gasteiger partial charge in [0.25, 0.3) is 0 Å². The molecule has 0 unspecified atom stereocenters. The number of rotatable bonds is 5. The Morgan fingerprint density at radius 2 is 1.77 bits per heavy atom. The molecule has 0 aliphatic carbocycles. The lowest BCUT2D eigenvalue weighted by molar-refractivity contribution is 0.00578. The maximum atomic E-state index is 12.2. The zero-order valence-corrected chi connectivity index (χ0v) is 19.0. The van der Waals surface area contributed by atoms with E-state index in [1.165, 1.54) is 13.3 Å². The number of hydrogen-bond acceptors (Lipinski definition) is 7. The largest absolute Gasteiger partial charge is 0.492 e. The Morgan fingerprint density at radius 3 is 2.30 bits per heavy atom. The minimum atomic E-state index is -0.688. The van der Waals surface area contributed by atoms with Crippen molar-refractivity contribution >= 4 is 25.3 Å². The molecule has 2 heterocycles. The maximum absolute atomic E-state index is 12.2. The summed E-state index contributed by atoms with van der Waals surface area (Å²) in [6.45, 7) is 13.3. The molecule has 0 bridgehead atoms. The predicted molar refractivity (Wildman–Crippen MR) is 114 cm³/mol. The molecule has 2 rings (SSSR count). The lowest BCUT2D eigenvalue weighted by Gasteiger charge is -2.32. The lowest BCUT2D eigenvalue weighted by atomic mass is 9.77. The number of esters is 1. The van der Waals surface area contributed by atoms with Gasteiger partial charge in [-0.15, -0.1) is 0 Å². The van der Waals surface area contributed by atoms with E-state index in [9.17, 15) is 9.59 Å². The minimum absolute atomic E-state index is 0.133. The second-order valence-electron chi connectivity index (χ2n) is 9.16. The topological polar surface area (TPSA) is 96.0 Å². The highest BCUT2D eigenvalue weighted by Crippen LogP contribution is 2.38. The fourth-order valence-corrected chi connectivity index (χ4v) is 2.67. The van der Waals surface area contributed by atoms with Gasteiger partial charge in [0.2, 0.25) is 0 Å². The van der Waals surface area contributed by atoms with Crippen LogP contribution in [0.15, 0.2) is 23.9 Å². The molecule has 0 atom stereocenters. The smallest absolute Gasteiger partial charge is 0.465 e. The van der Waals surface area contributed by atoms with Crippen molar-refractivity contribution in [2.45, 2.75) is 65.3 Å². The second kappa shape index (κ2) is 8.77. The number of amides is 1. The first-order valence-electron chi connectivity index (χ1n) is 9.80. The quantitative estimate of drug-likeness (QED) is 0.578. The number of aromatic nitrogens is 1. The monoisotopic (exact) mass is 418 g/mol. The van der Waals surface area contributed by atoms with Gasteiger partial charge in [0.1, 0.15) is 5.60 Å². The summed E-state index contributed by atoms with van der Waals surface area (Å²) >= 11 is 0. The van der Waals surface area contributed by atoms with Crippen molar-refractivity contribution in [3.05, 3.63) is 35.1 Å². The second-order valence-corrected chi connectivity index (χ2v) is 9.16. The van der Waals surface area contributed by atoms with Gasteiger partial charge < -0.3 is 24.1 Å². The van der Waals surface area contributed by atoms with Gasteiger partial charge in [-0.25, -0.2) is 9.59 Å². The summed E-state index contributed by atoms with van der Waals surface area (Å²) < 4.78 is 22.3. The number of carbonyl (C=O) groups excluding carboxylic acids is 2. The van der Waals surface area contributed by atoms with Crippen LogP contribution in [0.3, 0.4) is 0 Å². The molecule has 0 radical (unpaired) electrons. The summed E-state index contributed by atoms with van der Waals surface area (Å²) in [6, 6.07) is 1.65. The van der Waals surface area contributed by atoms with Crippen LogP contribution in [0.5, 0.6) is 0 Å². The molecule has 164 valence electrons. The molecular formula is C21H31BN2O6. The van der Waals surface area contributed by atoms with Crippen molar-refractivity contribution in [1.29, 1.82) is 0 Å². The normalized spacial score (nSPS) is 18.1. The van der Waals surface area contributed by atoms with Gasteiger partial charge in [-0.3, -0.25) is 4.98 Å². The summed E-state index contributed by atoms with van der Waals surface area (Å²) in [6.07, 6.45) is 4.26. The Morgan fingerprint density at radius 1 is 1.17 bits per heavy atom. The van der Waals surface area contributed by atoms with Crippen molar-refractivity contribution in [1.82, 2.24) is 10.3 Å². The summed E-state index contributed by atoms with van der Waals surface area (Å²) in [5, 5.41) is 2.74. The standard InChI is InChI=1S/C21H31BN2O6/c1-19(2,3)28-18(26)24-13-16(22-29-20(4,5)21(6,7)30-22)10-14-9-15(12-23-11-14)17(25)27-8/h9-12H,13H2,1-8H3,(H,24,26). The van der Waals surface area contributed by atoms with E-state index in [1.807, 2.05) is 27.7 Å².